The van der Waals surface area contributed by atoms with Gasteiger partial charge in [-0.25, -0.2) is 9.97 Å². The fourth-order valence-electron chi connectivity index (χ4n) is 2.94. The van der Waals surface area contributed by atoms with Gasteiger partial charge < -0.3 is 10.6 Å². The van der Waals surface area contributed by atoms with Crippen LogP contribution >= 0.6 is 0 Å². The number of carbonyl (C=O) groups excluding carboxylic acids is 1. The Hall–Kier alpha value is -3.80. The predicted octanol–water partition coefficient (Wildman–Crippen LogP) is 4.05. The van der Waals surface area contributed by atoms with Gasteiger partial charge in [-0.2, -0.15) is 0 Å². The van der Waals surface area contributed by atoms with Crippen LogP contribution in [0.1, 0.15) is 5.56 Å². The van der Waals surface area contributed by atoms with E-state index in [9.17, 15) is 4.79 Å². The molecule has 0 radical (unpaired) electrons. The van der Waals surface area contributed by atoms with Crippen LogP contribution in [0.25, 0.3) is 22.2 Å². The number of hydrogen-bond donors (Lipinski definition) is 2. The molecule has 0 fully saturated rings. The summed E-state index contributed by atoms with van der Waals surface area (Å²) < 4.78 is 0. The Balaban J connectivity index is 1.61. The van der Waals surface area contributed by atoms with Crippen LogP contribution in [0.4, 0.5) is 11.6 Å². The molecule has 0 aliphatic rings. The lowest BCUT2D eigenvalue weighted by Gasteiger charge is -2.11. The van der Waals surface area contributed by atoms with Crippen LogP contribution in [0.3, 0.4) is 0 Å². The van der Waals surface area contributed by atoms with Crippen molar-refractivity contribution in [2.24, 2.45) is 0 Å². The number of aromatic nitrogens is 3. The van der Waals surface area contributed by atoms with Gasteiger partial charge in [-0.15, -0.1) is 0 Å². The van der Waals surface area contributed by atoms with E-state index < -0.39 is 0 Å². The van der Waals surface area contributed by atoms with E-state index in [1.54, 1.807) is 24.5 Å². The van der Waals surface area contributed by atoms with E-state index in [0.717, 1.165) is 27.7 Å². The van der Waals surface area contributed by atoms with E-state index in [4.69, 9.17) is 0 Å². The average Bonchev–Trinajstić information content (AvgIpc) is 2.73. The maximum atomic E-state index is 12.2. The molecule has 0 aliphatic heterocycles. The number of fused-ring (bicyclic) bond motifs is 1. The molecule has 0 aliphatic carbocycles. The van der Waals surface area contributed by atoms with Crippen LogP contribution in [0.5, 0.6) is 0 Å². The van der Waals surface area contributed by atoms with Crippen LogP contribution in [-0.4, -0.2) is 27.4 Å². The first-order valence-corrected chi connectivity index (χ1v) is 8.96. The predicted molar refractivity (Wildman–Crippen MR) is 111 cm³/mol. The van der Waals surface area contributed by atoms with E-state index in [1.807, 2.05) is 49.4 Å². The van der Waals surface area contributed by atoms with Crippen LogP contribution in [0.2, 0.25) is 0 Å². The zero-order chi connectivity index (χ0) is 19.3. The zero-order valence-electron chi connectivity index (χ0n) is 15.4. The number of aryl methyl sites for hydroxylation is 1. The number of pyridine rings is 1. The Labute approximate surface area is 162 Å². The minimum atomic E-state index is -0.193. The van der Waals surface area contributed by atoms with Gasteiger partial charge >= 0.3 is 0 Å². The highest BCUT2D eigenvalue weighted by Crippen LogP contribution is 2.27. The van der Waals surface area contributed by atoms with Gasteiger partial charge in [0.1, 0.15) is 0 Å². The third-order valence-electron chi connectivity index (χ3n) is 4.25. The molecule has 6 heteroatoms. The van der Waals surface area contributed by atoms with Gasteiger partial charge in [0.2, 0.25) is 11.9 Å². The van der Waals surface area contributed by atoms with E-state index >= 15 is 0 Å². The van der Waals surface area contributed by atoms with Crippen molar-refractivity contribution in [3.63, 3.8) is 0 Å². The van der Waals surface area contributed by atoms with Gasteiger partial charge in [-0.1, -0.05) is 42.0 Å². The van der Waals surface area contributed by atoms with E-state index in [1.165, 1.54) is 0 Å². The Morgan fingerprint density at radius 2 is 1.86 bits per heavy atom. The van der Waals surface area contributed by atoms with Crippen molar-refractivity contribution in [2.45, 2.75) is 6.92 Å². The molecule has 0 saturated carbocycles. The van der Waals surface area contributed by atoms with Crippen LogP contribution in [0.15, 0.2) is 73.1 Å². The zero-order valence-corrected chi connectivity index (χ0v) is 15.4. The molecule has 2 heterocycles. The highest BCUT2D eigenvalue weighted by molar-refractivity contribution is 5.95. The molecule has 4 rings (SSSR count). The van der Waals surface area contributed by atoms with E-state index in [0.29, 0.717) is 11.6 Å². The highest BCUT2D eigenvalue weighted by Gasteiger charge is 2.11. The molecule has 2 aromatic heterocycles. The van der Waals surface area contributed by atoms with Gasteiger partial charge in [0.25, 0.3) is 0 Å². The molecule has 0 unspecified atom stereocenters. The maximum Gasteiger partial charge on any atom is 0.243 e. The molecular formula is C22H19N5O. The van der Waals surface area contributed by atoms with Crippen LogP contribution < -0.4 is 10.6 Å². The summed E-state index contributed by atoms with van der Waals surface area (Å²) in [6, 6.07) is 19.6. The first-order valence-electron chi connectivity index (χ1n) is 8.96. The second kappa shape index (κ2) is 7.84. The quantitative estimate of drug-likeness (QED) is 0.555. The summed E-state index contributed by atoms with van der Waals surface area (Å²) in [7, 11) is 0. The van der Waals surface area contributed by atoms with Crippen molar-refractivity contribution in [2.75, 3.05) is 17.2 Å². The molecule has 0 bridgehead atoms. The number of anilines is 2. The number of nitrogens with zero attached hydrogens (tertiary/aromatic N) is 3. The molecule has 4 aromatic rings. The van der Waals surface area contributed by atoms with Gasteiger partial charge in [-0.3, -0.25) is 9.78 Å². The molecule has 0 saturated heterocycles. The molecule has 2 N–H and O–H groups in total. The van der Waals surface area contributed by atoms with E-state index in [-0.39, 0.29) is 12.5 Å². The SMILES string of the molecule is Cc1ccc2nc(NCC(=O)Nc3cccnc3)nc(-c3ccccc3)c2c1. The lowest BCUT2D eigenvalue weighted by atomic mass is 10.0. The number of carbonyl (C=O) groups is 1. The number of benzene rings is 2. The lowest BCUT2D eigenvalue weighted by Crippen LogP contribution is -2.22. The largest absolute Gasteiger partial charge is 0.345 e. The minimum Gasteiger partial charge on any atom is -0.345 e. The lowest BCUT2D eigenvalue weighted by molar-refractivity contribution is -0.114. The Kier molecular flexibility index (Phi) is 4.93. The number of amides is 1. The molecule has 0 atom stereocenters. The highest BCUT2D eigenvalue weighted by atomic mass is 16.1. The van der Waals surface area contributed by atoms with Crippen molar-refractivity contribution in [1.82, 2.24) is 15.0 Å². The molecule has 28 heavy (non-hydrogen) atoms. The molecule has 0 spiro atoms. The third kappa shape index (κ3) is 3.96. The fourth-order valence-corrected chi connectivity index (χ4v) is 2.94. The van der Waals surface area contributed by atoms with Gasteiger partial charge in [0, 0.05) is 17.1 Å². The summed E-state index contributed by atoms with van der Waals surface area (Å²) in [6.07, 6.45) is 3.25. The normalized spacial score (nSPS) is 10.6. The van der Waals surface area contributed by atoms with Gasteiger partial charge in [0.15, 0.2) is 0 Å². The second-order valence-corrected chi connectivity index (χ2v) is 6.43. The summed E-state index contributed by atoms with van der Waals surface area (Å²) in [5.74, 6) is 0.221. The minimum absolute atomic E-state index is 0.0560. The van der Waals surface area contributed by atoms with Crippen molar-refractivity contribution < 1.29 is 4.79 Å². The van der Waals surface area contributed by atoms with Gasteiger partial charge in [0.05, 0.1) is 29.6 Å². The summed E-state index contributed by atoms with van der Waals surface area (Å²) >= 11 is 0. The number of hydrogen-bond acceptors (Lipinski definition) is 5. The number of rotatable bonds is 5. The smallest absolute Gasteiger partial charge is 0.243 e. The standard InChI is InChI=1S/C22H19N5O/c1-15-9-10-19-18(12-15)21(16-6-3-2-4-7-16)27-22(26-19)24-14-20(28)25-17-8-5-11-23-13-17/h2-13H,14H2,1H3,(H,25,28)(H,24,26,27). The Morgan fingerprint density at radius 1 is 1.00 bits per heavy atom. The van der Waals surface area contributed by atoms with Crippen molar-refractivity contribution in [3.05, 3.63) is 78.6 Å². The van der Waals surface area contributed by atoms with Crippen molar-refractivity contribution >= 4 is 28.4 Å². The third-order valence-corrected chi connectivity index (χ3v) is 4.25. The average molecular weight is 369 g/mol. The molecule has 138 valence electrons. The Morgan fingerprint density at radius 3 is 2.64 bits per heavy atom. The topological polar surface area (TPSA) is 79.8 Å². The number of nitrogens with one attached hydrogen (secondary N) is 2. The summed E-state index contributed by atoms with van der Waals surface area (Å²) in [4.78, 5) is 25.4. The molecule has 2 aromatic carbocycles. The van der Waals surface area contributed by atoms with Crippen molar-refractivity contribution in [1.29, 1.82) is 0 Å². The fraction of sp³-hybridized carbons (Fsp3) is 0.0909. The summed E-state index contributed by atoms with van der Waals surface area (Å²) in [5.41, 5.74) is 4.46. The van der Waals surface area contributed by atoms with Crippen LogP contribution in [-0.2, 0) is 4.79 Å². The summed E-state index contributed by atoms with van der Waals surface area (Å²) in [6.45, 7) is 2.10. The second-order valence-electron chi connectivity index (χ2n) is 6.43. The van der Waals surface area contributed by atoms with Crippen LogP contribution in [0, 0.1) is 6.92 Å². The van der Waals surface area contributed by atoms with E-state index in [2.05, 4.69) is 31.7 Å². The monoisotopic (exact) mass is 369 g/mol. The molecule has 6 nitrogen and oxygen atoms in total. The Bertz CT molecular complexity index is 1110. The maximum absolute atomic E-state index is 12.2. The first kappa shape index (κ1) is 17.6. The first-order chi connectivity index (χ1) is 13.7. The molecule has 1 amide bonds. The molecular weight excluding hydrogens is 350 g/mol. The summed E-state index contributed by atoms with van der Waals surface area (Å²) in [5, 5.41) is 6.79. The van der Waals surface area contributed by atoms with Crippen molar-refractivity contribution in [3.8, 4) is 11.3 Å². The van der Waals surface area contributed by atoms with Gasteiger partial charge in [-0.05, 0) is 31.2 Å².